The second-order valence-electron chi connectivity index (χ2n) is 8.50. The van der Waals surface area contributed by atoms with Crippen LogP contribution in [-0.4, -0.2) is 17.8 Å². The number of amides is 2. The Morgan fingerprint density at radius 1 is 0.900 bits per heavy atom. The molecule has 5 nitrogen and oxygen atoms in total. The monoisotopic (exact) mass is 419 g/mol. The Hall–Kier alpha value is -2.92. The zero-order valence-electron chi connectivity index (χ0n) is 15.9. The van der Waals surface area contributed by atoms with Gasteiger partial charge in [0.15, 0.2) is 5.75 Å². The number of nitrogens with zero attached hydrogens (tertiary/aromatic N) is 1. The number of carbonyl (C=O) groups excluding carboxylic acids is 3. The summed E-state index contributed by atoms with van der Waals surface area (Å²) in [4.78, 5) is 40.7. The van der Waals surface area contributed by atoms with E-state index in [1.54, 1.807) is 48.5 Å². The highest BCUT2D eigenvalue weighted by Gasteiger charge is 2.67. The minimum atomic E-state index is -0.632. The van der Waals surface area contributed by atoms with Crippen LogP contribution >= 0.6 is 11.6 Å². The number of allylic oxidation sites excluding steroid dienone is 2. The lowest BCUT2D eigenvalue weighted by molar-refractivity contribution is -0.124. The summed E-state index contributed by atoms with van der Waals surface area (Å²) in [5, 5.41) is 0.279. The van der Waals surface area contributed by atoms with Crippen molar-refractivity contribution in [1.29, 1.82) is 0 Å². The van der Waals surface area contributed by atoms with E-state index in [-0.39, 0.29) is 51.8 Å². The van der Waals surface area contributed by atoms with Crippen molar-refractivity contribution in [2.75, 3.05) is 4.90 Å². The third-order valence-corrected chi connectivity index (χ3v) is 7.39. The Balaban J connectivity index is 1.35. The maximum atomic E-state index is 13.4. The molecule has 0 spiro atoms. The molecule has 5 aliphatic rings. The first-order valence-corrected chi connectivity index (χ1v) is 10.6. The molecule has 2 aromatic carbocycles. The van der Waals surface area contributed by atoms with E-state index in [0.29, 0.717) is 17.5 Å². The Morgan fingerprint density at radius 2 is 1.50 bits per heavy atom. The van der Waals surface area contributed by atoms with Crippen LogP contribution in [0.25, 0.3) is 0 Å². The fraction of sp³-hybridized carbons (Fsp3) is 0.292. The summed E-state index contributed by atoms with van der Waals surface area (Å²) in [6, 6.07) is 13.3. The molecule has 6 atom stereocenters. The smallest absolute Gasteiger partial charge is 0.345 e. The minimum absolute atomic E-state index is 0.143. The fourth-order valence-corrected chi connectivity index (χ4v) is 5.92. The zero-order valence-corrected chi connectivity index (χ0v) is 16.7. The summed E-state index contributed by atoms with van der Waals surface area (Å²) in [7, 11) is 0. The summed E-state index contributed by atoms with van der Waals surface area (Å²) >= 11 is 6.11. The Labute approximate surface area is 178 Å². The van der Waals surface area contributed by atoms with Crippen LogP contribution < -0.4 is 9.64 Å². The normalized spacial score (nSPS) is 32.8. The average Bonchev–Trinajstić information content (AvgIpc) is 3.53. The lowest BCUT2D eigenvalue weighted by atomic mass is 9.63. The van der Waals surface area contributed by atoms with Gasteiger partial charge in [0.1, 0.15) is 0 Å². The molecule has 0 N–H and O–H groups in total. The zero-order chi connectivity index (χ0) is 20.6. The molecule has 3 fully saturated rings. The molecule has 150 valence electrons. The quantitative estimate of drug-likeness (QED) is 0.325. The van der Waals surface area contributed by atoms with E-state index in [4.69, 9.17) is 16.3 Å². The third-order valence-electron chi connectivity index (χ3n) is 7.07. The van der Waals surface area contributed by atoms with Gasteiger partial charge >= 0.3 is 5.97 Å². The van der Waals surface area contributed by atoms with Crippen LogP contribution in [0, 0.1) is 35.5 Å². The number of ether oxygens (including phenoxy) is 1. The highest BCUT2D eigenvalue weighted by molar-refractivity contribution is 6.33. The lowest BCUT2D eigenvalue weighted by Crippen LogP contribution is -2.40. The summed E-state index contributed by atoms with van der Waals surface area (Å²) < 4.78 is 5.59. The number of hydrogen-bond donors (Lipinski definition) is 0. The lowest BCUT2D eigenvalue weighted by Gasteiger charge is -2.37. The molecule has 1 heterocycles. The van der Waals surface area contributed by atoms with Gasteiger partial charge < -0.3 is 4.74 Å². The molecule has 0 aromatic heterocycles. The van der Waals surface area contributed by atoms with Crippen molar-refractivity contribution in [1.82, 2.24) is 0 Å². The number of esters is 1. The van der Waals surface area contributed by atoms with Crippen molar-refractivity contribution in [3.05, 3.63) is 71.3 Å². The van der Waals surface area contributed by atoms with E-state index in [1.807, 2.05) is 0 Å². The van der Waals surface area contributed by atoms with Gasteiger partial charge in [-0.15, -0.1) is 0 Å². The van der Waals surface area contributed by atoms with Crippen LogP contribution in [0.1, 0.15) is 16.8 Å². The molecular weight excluding hydrogens is 402 g/mol. The molecule has 2 bridgehead atoms. The molecule has 1 aliphatic heterocycles. The molecule has 2 saturated carbocycles. The van der Waals surface area contributed by atoms with Gasteiger partial charge in [0.25, 0.3) is 0 Å². The molecule has 2 amide bonds. The van der Waals surface area contributed by atoms with Gasteiger partial charge in [0.05, 0.1) is 28.1 Å². The van der Waals surface area contributed by atoms with Crippen molar-refractivity contribution >= 4 is 35.1 Å². The third kappa shape index (κ3) is 2.39. The topological polar surface area (TPSA) is 63.7 Å². The van der Waals surface area contributed by atoms with Gasteiger partial charge in [-0.3, -0.25) is 9.59 Å². The second kappa shape index (κ2) is 6.29. The number of hydrogen-bond acceptors (Lipinski definition) is 4. The first kappa shape index (κ1) is 17.9. The van der Waals surface area contributed by atoms with Gasteiger partial charge in [-0.1, -0.05) is 48.0 Å². The van der Waals surface area contributed by atoms with Crippen LogP contribution in [-0.2, 0) is 9.59 Å². The van der Waals surface area contributed by atoms with E-state index in [0.717, 1.165) is 6.42 Å². The van der Waals surface area contributed by atoms with Crippen molar-refractivity contribution in [3.63, 3.8) is 0 Å². The predicted octanol–water partition coefficient (Wildman–Crippen LogP) is 4.12. The van der Waals surface area contributed by atoms with E-state index >= 15 is 0 Å². The summed E-state index contributed by atoms with van der Waals surface area (Å²) in [5.41, 5.74) is 0.541. The Bertz CT molecular complexity index is 1110. The Morgan fingerprint density at radius 3 is 2.17 bits per heavy atom. The number of rotatable bonds is 3. The average molecular weight is 420 g/mol. The molecule has 1 saturated heterocycles. The minimum Gasteiger partial charge on any atom is -0.421 e. The van der Waals surface area contributed by atoms with Crippen LogP contribution in [0.5, 0.6) is 5.75 Å². The molecular formula is C24H18ClNO4. The van der Waals surface area contributed by atoms with E-state index in [9.17, 15) is 14.4 Å². The van der Waals surface area contributed by atoms with Gasteiger partial charge in [0, 0.05) is 0 Å². The number of para-hydroxylation sites is 2. The van der Waals surface area contributed by atoms with Gasteiger partial charge in [-0.25, -0.2) is 9.69 Å². The summed E-state index contributed by atoms with van der Waals surface area (Å²) in [6.07, 6.45) is 5.39. The van der Waals surface area contributed by atoms with Crippen LogP contribution in [0.3, 0.4) is 0 Å². The van der Waals surface area contributed by atoms with Crippen LogP contribution in [0.4, 0.5) is 5.69 Å². The predicted molar refractivity (Wildman–Crippen MR) is 110 cm³/mol. The SMILES string of the molecule is O=C(Oc1ccccc1N1C(=O)[C@@H]2[C@H]3C=C[C@@H]([C@@H]4C[C@@H]34)[C@H]2C1=O)c1ccccc1Cl. The highest BCUT2D eigenvalue weighted by Crippen LogP contribution is 2.65. The fourth-order valence-electron chi connectivity index (χ4n) is 5.70. The maximum absolute atomic E-state index is 13.4. The van der Waals surface area contributed by atoms with Gasteiger partial charge in [-0.2, -0.15) is 0 Å². The highest BCUT2D eigenvalue weighted by atomic mass is 35.5. The molecule has 0 radical (unpaired) electrons. The largest absolute Gasteiger partial charge is 0.421 e. The maximum Gasteiger partial charge on any atom is 0.345 e. The van der Waals surface area contributed by atoms with Gasteiger partial charge in [0.2, 0.25) is 11.8 Å². The molecule has 4 aliphatic carbocycles. The van der Waals surface area contributed by atoms with Crippen LogP contribution in [0.2, 0.25) is 5.02 Å². The number of benzene rings is 2. The van der Waals surface area contributed by atoms with Crippen molar-refractivity contribution < 1.29 is 19.1 Å². The van der Waals surface area contributed by atoms with Crippen molar-refractivity contribution in [3.8, 4) is 5.75 Å². The van der Waals surface area contributed by atoms with E-state index < -0.39 is 5.97 Å². The molecule has 30 heavy (non-hydrogen) atoms. The Kier molecular flexibility index (Phi) is 3.75. The number of imide groups is 1. The first-order valence-electron chi connectivity index (χ1n) is 10.2. The van der Waals surface area contributed by atoms with E-state index in [2.05, 4.69) is 12.2 Å². The second-order valence-corrected chi connectivity index (χ2v) is 8.91. The molecule has 0 unspecified atom stereocenters. The summed E-state index contributed by atoms with van der Waals surface area (Å²) in [5.74, 6) is -0.0779. The van der Waals surface area contributed by atoms with E-state index in [1.165, 1.54) is 4.90 Å². The molecule has 2 aromatic rings. The summed E-state index contributed by atoms with van der Waals surface area (Å²) in [6.45, 7) is 0. The van der Waals surface area contributed by atoms with Crippen molar-refractivity contribution in [2.24, 2.45) is 35.5 Å². The van der Waals surface area contributed by atoms with Crippen LogP contribution in [0.15, 0.2) is 60.7 Å². The molecule has 6 heteroatoms. The standard InChI is InChI=1S/C24H18ClNO4/c25-17-6-2-1-5-14(17)24(29)30-19-8-4-3-7-18(19)26-22(27)20-12-9-10-13(16-11-15(12)16)21(20)23(26)28/h1-10,12-13,15-16,20-21H,11H2/t12-,13-,15-,16-,20+,21+/m0/s1. The number of anilines is 1. The molecule has 7 rings (SSSR count). The van der Waals surface area contributed by atoms with Gasteiger partial charge in [-0.05, 0) is 54.4 Å². The number of halogens is 1. The first-order chi connectivity index (χ1) is 14.6. The number of carbonyl (C=O) groups is 3. The van der Waals surface area contributed by atoms with Crippen molar-refractivity contribution in [2.45, 2.75) is 6.42 Å².